The molecule has 1 aromatic carbocycles. The normalized spacial score (nSPS) is 42.3. The Hall–Kier alpha value is -2.00. The highest BCUT2D eigenvalue weighted by Crippen LogP contribution is 2.82. The monoisotopic (exact) mass is 390 g/mol. The molecule has 0 radical (unpaired) electrons. The Kier molecular flexibility index (Phi) is 2.94. The molecule has 1 aliphatic carbocycles. The second-order valence-corrected chi connectivity index (χ2v) is 7.12. The number of fused-ring (bicyclic) bond motifs is 2. The first-order valence-electron chi connectivity index (χ1n) is 7.33. The lowest BCUT2D eigenvalue weighted by atomic mass is 9.94. The molecule has 0 bridgehead atoms. The van der Waals surface area contributed by atoms with E-state index in [1.54, 1.807) is 19.1 Å². The second kappa shape index (κ2) is 4.54. The third kappa shape index (κ3) is 1.43. The second-order valence-electron chi connectivity index (χ2n) is 6.26. The number of benzene rings is 1. The van der Waals surface area contributed by atoms with Gasteiger partial charge in [0.05, 0.1) is 29.3 Å². The van der Waals surface area contributed by atoms with Gasteiger partial charge in [-0.25, -0.2) is 9.38 Å². The first-order valence-corrected chi connectivity index (χ1v) is 8.13. The quantitative estimate of drug-likeness (QED) is 0.790. The summed E-state index contributed by atoms with van der Waals surface area (Å²) >= 11 is 3.14. The van der Waals surface area contributed by atoms with Gasteiger partial charge in [0, 0.05) is 5.92 Å². The summed E-state index contributed by atoms with van der Waals surface area (Å²) in [6.07, 6.45) is -0.275. The van der Waals surface area contributed by atoms with Crippen molar-refractivity contribution in [1.82, 2.24) is 0 Å². The summed E-state index contributed by atoms with van der Waals surface area (Å²) in [4.78, 5) is 4.22. The molecule has 6 nitrogen and oxygen atoms in total. The third-order valence-corrected chi connectivity index (χ3v) is 5.69. The molecule has 122 valence electrons. The molecule has 1 saturated carbocycles. The van der Waals surface area contributed by atoms with E-state index in [0.29, 0.717) is 5.56 Å². The summed E-state index contributed by atoms with van der Waals surface area (Å²) in [7, 11) is 0. The lowest BCUT2D eigenvalue weighted by molar-refractivity contribution is -0.193. The fourth-order valence-corrected chi connectivity index (χ4v) is 4.45. The Bertz CT molecular complexity index is 878. The molecule has 2 fully saturated rings. The third-order valence-electron chi connectivity index (χ3n) is 5.08. The van der Waals surface area contributed by atoms with Crippen LogP contribution in [-0.2, 0) is 9.47 Å². The molecule has 2 aliphatic heterocycles. The Labute approximate surface area is 145 Å². The summed E-state index contributed by atoms with van der Waals surface area (Å²) < 4.78 is 25.4. The van der Waals surface area contributed by atoms with Gasteiger partial charge in [0.1, 0.15) is 17.1 Å². The number of nitrogens with two attached hydrogens (primary N) is 1. The van der Waals surface area contributed by atoms with Gasteiger partial charge in [-0.1, -0.05) is 6.07 Å². The van der Waals surface area contributed by atoms with E-state index in [1.165, 1.54) is 6.07 Å². The van der Waals surface area contributed by atoms with Crippen molar-refractivity contribution < 1.29 is 13.9 Å². The largest absolute Gasteiger partial charge is 0.386 e. The standard InChI is InChI=1S/C16H12BrFN4O2/c1-8-5-23-16(24-8)15(7-20)12(14(15,6-19)13(21)22-16)9-2-3-11(18)10(17)4-9/h2-4,8,12H,5H2,1H3,(H2,21,22)/t8-,12-,14-,15-,16+/m1/s1. The van der Waals surface area contributed by atoms with Crippen molar-refractivity contribution in [3.05, 3.63) is 34.1 Å². The molecule has 4 rings (SSSR count). The fraction of sp³-hybridized carbons (Fsp3) is 0.438. The average molecular weight is 391 g/mol. The van der Waals surface area contributed by atoms with E-state index in [2.05, 4.69) is 33.1 Å². The Balaban J connectivity index is 1.92. The SMILES string of the molecule is C[C@@H]1CO[C@]2(N=C(N)[C@@]3(C#N)[C@@H](c4ccc(F)c(Br)c4)[C@@]23C#N)O1. The van der Waals surface area contributed by atoms with Crippen molar-refractivity contribution in [1.29, 1.82) is 10.5 Å². The van der Waals surface area contributed by atoms with Crippen LogP contribution in [0.2, 0.25) is 0 Å². The van der Waals surface area contributed by atoms with Gasteiger partial charge in [0.2, 0.25) is 0 Å². The molecule has 1 aromatic rings. The van der Waals surface area contributed by atoms with Crippen molar-refractivity contribution in [2.75, 3.05) is 6.61 Å². The van der Waals surface area contributed by atoms with Gasteiger partial charge < -0.3 is 15.2 Å². The van der Waals surface area contributed by atoms with E-state index in [-0.39, 0.29) is 23.0 Å². The van der Waals surface area contributed by atoms with E-state index in [0.717, 1.165) is 0 Å². The van der Waals surface area contributed by atoms with Crippen molar-refractivity contribution in [2.45, 2.75) is 24.9 Å². The fourth-order valence-electron chi connectivity index (χ4n) is 4.05. The van der Waals surface area contributed by atoms with Crippen LogP contribution in [0.5, 0.6) is 0 Å². The Morgan fingerprint density at radius 1 is 1.42 bits per heavy atom. The van der Waals surface area contributed by atoms with Crippen molar-refractivity contribution in [2.24, 2.45) is 21.6 Å². The molecule has 2 N–H and O–H groups in total. The molecule has 3 aliphatic rings. The molecular weight excluding hydrogens is 379 g/mol. The Morgan fingerprint density at radius 3 is 2.71 bits per heavy atom. The van der Waals surface area contributed by atoms with Gasteiger partial charge in [-0.15, -0.1) is 0 Å². The first kappa shape index (κ1) is 15.5. The number of amidine groups is 1. The molecule has 0 unspecified atom stereocenters. The predicted molar refractivity (Wildman–Crippen MR) is 83.8 cm³/mol. The zero-order valence-electron chi connectivity index (χ0n) is 12.6. The minimum atomic E-state index is -1.59. The van der Waals surface area contributed by atoms with E-state index in [4.69, 9.17) is 15.2 Å². The number of halogens is 2. The van der Waals surface area contributed by atoms with Gasteiger partial charge in [-0.3, -0.25) is 0 Å². The highest BCUT2D eigenvalue weighted by Gasteiger charge is 2.94. The minimum absolute atomic E-state index is 0.0195. The molecule has 24 heavy (non-hydrogen) atoms. The van der Waals surface area contributed by atoms with Crippen LogP contribution in [0.4, 0.5) is 4.39 Å². The Morgan fingerprint density at radius 2 is 2.17 bits per heavy atom. The highest BCUT2D eigenvalue weighted by molar-refractivity contribution is 9.10. The van der Waals surface area contributed by atoms with Crippen LogP contribution >= 0.6 is 15.9 Å². The molecule has 1 saturated heterocycles. The zero-order chi connectivity index (χ0) is 17.3. The van der Waals surface area contributed by atoms with E-state index >= 15 is 0 Å². The smallest absolute Gasteiger partial charge is 0.293 e. The summed E-state index contributed by atoms with van der Waals surface area (Å²) in [5.41, 5.74) is 3.93. The average Bonchev–Trinajstić information content (AvgIpc) is 2.95. The maximum absolute atomic E-state index is 13.6. The number of hydrogen-bond acceptors (Lipinski definition) is 6. The lowest BCUT2D eigenvalue weighted by Gasteiger charge is -2.26. The van der Waals surface area contributed by atoms with Crippen LogP contribution < -0.4 is 5.73 Å². The number of aliphatic imine (C=N–C) groups is 1. The zero-order valence-corrected chi connectivity index (χ0v) is 14.2. The highest BCUT2D eigenvalue weighted by atomic mass is 79.9. The molecule has 0 aromatic heterocycles. The summed E-state index contributed by atoms with van der Waals surface area (Å²) in [5.74, 6) is -2.61. The topological polar surface area (TPSA) is 104 Å². The van der Waals surface area contributed by atoms with Crippen LogP contribution in [0.1, 0.15) is 18.4 Å². The van der Waals surface area contributed by atoms with Crippen LogP contribution in [0.3, 0.4) is 0 Å². The lowest BCUT2D eigenvalue weighted by Crippen LogP contribution is -2.39. The minimum Gasteiger partial charge on any atom is -0.386 e. The molecule has 1 spiro atoms. The number of nitrogens with zero attached hydrogens (tertiary/aromatic N) is 3. The van der Waals surface area contributed by atoms with Crippen molar-refractivity contribution in [3.63, 3.8) is 0 Å². The maximum atomic E-state index is 13.6. The van der Waals surface area contributed by atoms with Gasteiger partial charge in [0.15, 0.2) is 5.41 Å². The van der Waals surface area contributed by atoms with Crippen LogP contribution in [0.25, 0.3) is 0 Å². The molecule has 8 heteroatoms. The van der Waals surface area contributed by atoms with Crippen LogP contribution in [0, 0.1) is 39.3 Å². The van der Waals surface area contributed by atoms with Gasteiger partial charge >= 0.3 is 0 Å². The van der Waals surface area contributed by atoms with E-state index in [1.807, 2.05) is 0 Å². The van der Waals surface area contributed by atoms with Crippen LogP contribution in [-0.4, -0.2) is 24.5 Å². The molecule has 2 heterocycles. The summed E-state index contributed by atoms with van der Waals surface area (Å²) in [6, 6.07) is 8.73. The molecular formula is C16H12BrFN4O2. The van der Waals surface area contributed by atoms with E-state index in [9.17, 15) is 14.9 Å². The number of ether oxygens (including phenoxy) is 2. The summed E-state index contributed by atoms with van der Waals surface area (Å²) in [5, 5.41) is 19.8. The number of hydrogen-bond donors (Lipinski definition) is 1. The number of nitriles is 2. The van der Waals surface area contributed by atoms with Crippen LogP contribution in [0.15, 0.2) is 27.7 Å². The van der Waals surface area contributed by atoms with Crippen molar-refractivity contribution in [3.8, 4) is 12.1 Å². The predicted octanol–water partition coefficient (Wildman–Crippen LogP) is 2.17. The number of rotatable bonds is 1. The van der Waals surface area contributed by atoms with Gasteiger partial charge in [-0.2, -0.15) is 10.5 Å². The first-order chi connectivity index (χ1) is 11.4. The van der Waals surface area contributed by atoms with Crippen molar-refractivity contribution >= 4 is 21.8 Å². The van der Waals surface area contributed by atoms with Gasteiger partial charge in [0.25, 0.3) is 5.91 Å². The maximum Gasteiger partial charge on any atom is 0.293 e. The molecule has 0 amide bonds. The molecule has 5 atom stereocenters. The van der Waals surface area contributed by atoms with Gasteiger partial charge in [-0.05, 0) is 40.5 Å². The van der Waals surface area contributed by atoms with E-state index < -0.39 is 28.5 Å². The summed E-state index contributed by atoms with van der Waals surface area (Å²) in [6.45, 7) is 2.05.